The van der Waals surface area contributed by atoms with Gasteiger partial charge in [-0.1, -0.05) is 0 Å². The predicted octanol–water partition coefficient (Wildman–Crippen LogP) is 1.51. The maximum Gasteiger partial charge on any atom is 0.227 e. The number of nitrogens with zero attached hydrogens (tertiary/aromatic N) is 3. The molecular weight excluding hydrogens is 216 g/mol. The Morgan fingerprint density at radius 3 is 2.18 bits per heavy atom. The van der Waals surface area contributed by atoms with Crippen LogP contribution in [0.3, 0.4) is 0 Å². The largest absolute Gasteiger partial charge is 0.347 e. The summed E-state index contributed by atoms with van der Waals surface area (Å²) in [7, 11) is 3.80. The molecule has 2 rings (SSSR count). The highest BCUT2D eigenvalue weighted by Crippen LogP contribution is 2.31. The Morgan fingerprint density at radius 1 is 1.24 bits per heavy atom. The molecule has 1 fully saturated rings. The zero-order chi connectivity index (χ0) is 12.6. The molecule has 92 valence electrons. The van der Waals surface area contributed by atoms with E-state index in [0.29, 0.717) is 5.95 Å². The van der Waals surface area contributed by atoms with Crippen LogP contribution in [0.1, 0.15) is 24.2 Å². The molecule has 1 aromatic heterocycles. The Bertz CT molecular complexity index is 429. The van der Waals surface area contributed by atoms with Crippen molar-refractivity contribution in [2.24, 2.45) is 5.92 Å². The van der Waals surface area contributed by atoms with Crippen LogP contribution in [0.5, 0.6) is 0 Å². The zero-order valence-electron chi connectivity index (χ0n) is 10.7. The molecular formula is C12H18N4O. The summed E-state index contributed by atoms with van der Waals surface area (Å²) in [6.45, 7) is 3.79. The minimum absolute atomic E-state index is 0.0948. The molecule has 1 N–H and O–H groups in total. The molecule has 5 nitrogen and oxygen atoms in total. The standard InChI is InChI=1S/C12H18N4O/c1-7-10(15-11(17)9-5-6-9)8(2)14-12(13-7)16(3)4/h9H,5-6H2,1-4H3,(H,15,17). The van der Waals surface area contributed by atoms with Crippen molar-refractivity contribution in [1.82, 2.24) is 9.97 Å². The molecule has 0 aliphatic heterocycles. The second-order valence-corrected chi connectivity index (χ2v) is 4.73. The lowest BCUT2D eigenvalue weighted by atomic mass is 10.2. The quantitative estimate of drug-likeness (QED) is 0.861. The smallest absolute Gasteiger partial charge is 0.227 e. The molecule has 1 heterocycles. The van der Waals surface area contributed by atoms with Crippen molar-refractivity contribution in [2.45, 2.75) is 26.7 Å². The molecule has 0 radical (unpaired) electrons. The lowest BCUT2D eigenvalue weighted by molar-refractivity contribution is -0.117. The normalized spacial score (nSPS) is 14.6. The molecule has 1 aromatic rings. The Balaban J connectivity index is 2.24. The molecule has 1 aliphatic rings. The average molecular weight is 234 g/mol. The third-order valence-corrected chi connectivity index (χ3v) is 2.86. The topological polar surface area (TPSA) is 58.1 Å². The number of aromatic nitrogens is 2. The van der Waals surface area contributed by atoms with E-state index in [1.165, 1.54) is 0 Å². The molecule has 1 amide bonds. The molecule has 5 heteroatoms. The van der Waals surface area contributed by atoms with Crippen LogP contribution in [-0.4, -0.2) is 30.0 Å². The van der Waals surface area contributed by atoms with Crippen LogP contribution in [0.15, 0.2) is 0 Å². The van der Waals surface area contributed by atoms with Crippen molar-refractivity contribution < 1.29 is 4.79 Å². The van der Waals surface area contributed by atoms with E-state index in [1.807, 2.05) is 32.8 Å². The zero-order valence-corrected chi connectivity index (χ0v) is 10.7. The minimum atomic E-state index is 0.0948. The molecule has 1 saturated carbocycles. The van der Waals surface area contributed by atoms with Gasteiger partial charge in [0, 0.05) is 20.0 Å². The van der Waals surface area contributed by atoms with Gasteiger partial charge in [-0.15, -0.1) is 0 Å². The van der Waals surface area contributed by atoms with Gasteiger partial charge in [0.25, 0.3) is 0 Å². The average Bonchev–Trinajstić information content (AvgIpc) is 3.06. The Hall–Kier alpha value is -1.65. The summed E-state index contributed by atoms with van der Waals surface area (Å²) in [5, 5.41) is 2.92. The van der Waals surface area contributed by atoms with Crippen LogP contribution >= 0.6 is 0 Å². The van der Waals surface area contributed by atoms with Crippen molar-refractivity contribution in [2.75, 3.05) is 24.3 Å². The van der Waals surface area contributed by atoms with E-state index in [-0.39, 0.29) is 11.8 Å². The van der Waals surface area contributed by atoms with Crippen LogP contribution in [0.2, 0.25) is 0 Å². The number of carbonyl (C=O) groups is 1. The highest BCUT2D eigenvalue weighted by molar-refractivity contribution is 5.95. The fourth-order valence-corrected chi connectivity index (χ4v) is 1.65. The number of anilines is 2. The summed E-state index contributed by atoms with van der Waals surface area (Å²) in [5.41, 5.74) is 2.39. The van der Waals surface area contributed by atoms with Gasteiger partial charge >= 0.3 is 0 Å². The van der Waals surface area contributed by atoms with E-state index < -0.39 is 0 Å². The van der Waals surface area contributed by atoms with Crippen molar-refractivity contribution in [3.63, 3.8) is 0 Å². The van der Waals surface area contributed by atoms with Crippen LogP contribution in [0, 0.1) is 19.8 Å². The fourth-order valence-electron chi connectivity index (χ4n) is 1.65. The van der Waals surface area contributed by atoms with Gasteiger partial charge in [0.1, 0.15) is 0 Å². The molecule has 0 spiro atoms. The summed E-state index contributed by atoms with van der Waals surface area (Å²) in [6, 6.07) is 0. The summed E-state index contributed by atoms with van der Waals surface area (Å²) in [5.74, 6) is 0.962. The summed E-state index contributed by atoms with van der Waals surface area (Å²) < 4.78 is 0. The monoisotopic (exact) mass is 234 g/mol. The molecule has 0 atom stereocenters. The highest BCUT2D eigenvalue weighted by atomic mass is 16.2. The van der Waals surface area contributed by atoms with Gasteiger partial charge in [0.15, 0.2) is 0 Å². The first kappa shape index (κ1) is 11.8. The van der Waals surface area contributed by atoms with Gasteiger partial charge in [0.2, 0.25) is 11.9 Å². The van der Waals surface area contributed by atoms with E-state index in [0.717, 1.165) is 29.9 Å². The SMILES string of the molecule is Cc1nc(N(C)C)nc(C)c1NC(=O)C1CC1. The third-order valence-electron chi connectivity index (χ3n) is 2.86. The number of hydrogen-bond acceptors (Lipinski definition) is 4. The first-order valence-corrected chi connectivity index (χ1v) is 5.82. The van der Waals surface area contributed by atoms with E-state index in [9.17, 15) is 4.79 Å². The lowest BCUT2D eigenvalue weighted by Crippen LogP contribution is -2.19. The van der Waals surface area contributed by atoms with Crippen molar-refractivity contribution in [3.8, 4) is 0 Å². The molecule has 0 unspecified atom stereocenters. The first-order valence-electron chi connectivity index (χ1n) is 5.82. The highest BCUT2D eigenvalue weighted by Gasteiger charge is 2.30. The number of amides is 1. The molecule has 0 bridgehead atoms. The number of hydrogen-bond donors (Lipinski definition) is 1. The summed E-state index contributed by atoms with van der Waals surface area (Å²) in [6.07, 6.45) is 2.00. The van der Waals surface area contributed by atoms with Gasteiger partial charge in [-0.05, 0) is 26.7 Å². The Labute approximate surface area is 101 Å². The minimum Gasteiger partial charge on any atom is -0.347 e. The van der Waals surface area contributed by atoms with Crippen LogP contribution < -0.4 is 10.2 Å². The Kier molecular flexibility index (Phi) is 3.00. The van der Waals surface area contributed by atoms with Gasteiger partial charge in [-0.25, -0.2) is 9.97 Å². The van der Waals surface area contributed by atoms with E-state index >= 15 is 0 Å². The van der Waals surface area contributed by atoms with E-state index in [2.05, 4.69) is 15.3 Å². The van der Waals surface area contributed by atoms with Crippen molar-refractivity contribution >= 4 is 17.5 Å². The maximum absolute atomic E-state index is 11.7. The lowest BCUT2D eigenvalue weighted by Gasteiger charge is -2.15. The van der Waals surface area contributed by atoms with Crippen molar-refractivity contribution in [1.29, 1.82) is 0 Å². The van der Waals surface area contributed by atoms with Gasteiger partial charge in [0.05, 0.1) is 17.1 Å². The van der Waals surface area contributed by atoms with Gasteiger partial charge in [-0.2, -0.15) is 0 Å². The van der Waals surface area contributed by atoms with Crippen LogP contribution in [0.25, 0.3) is 0 Å². The maximum atomic E-state index is 11.7. The van der Waals surface area contributed by atoms with Gasteiger partial charge < -0.3 is 10.2 Å². The first-order chi connectivity index (χ1) is 7.99. The molecule has 0 aromatic carbocycles. The predicted molar refractivity (Wildman–Crippen MR) is 67.2 cm³/mol. The number of rotatable bonds is 3. The number of nitrogens with one attached hydrogen (secondary N) is 1. The van der Waals surface area contributed by atoms with Crippen molar-refractivity contribution in [3.05, 3.63) is 11.4 Å². The molecule has 17 heavy (non-hydrogen) atoms. The molecule has 0 saturated heterocycles. The number of aryl methyl sites for hydroxylation is 2. The van der Waals surface area contributed by atoms with Crippen LogP contribution in [-0.2, 0) is 4.79 Å². The third kappa shape index (κ3) is 2.54. The van der Waals surface area contributed by atoms with Crippen LogP contribution in [0.4, 0.5) is 11.6 Å². The second kappa shape index (κ2) is 4.31. The summed E-state index contributed by atoms with van der Waals surface area (Å²) in [4.78, 5) is 22.3. The second-order valence-electron chi connectivity index (χ2n) is 4.73. The van der Waals surface area contributed by atoms with E-state index in [4.69, 9.17) is 0 Å². The van der Waals surface area contributed by atoms with E-state index in [1.54, 1.807) is 0 Å². The Morgan fingerprint density at radius 2 is 1.76 bits per heavy atom. The summed E-state index contributed by atoms with van der Waals surface area (Å²) >= 11 is 0. The number of carbonyl (C=O) groups excluding carboxylic acids is 1. The fraction of sp³-hybridized carbons (Fsp3) is 0.583. The van der Waals surface area contributed by atoms with Gasteiger partial charge in [-0.3, -0.25) is 4.79 Å². The molecule has 1 aliphatic carbocycles.